The number of aliphatic hydroxyl groups excluding tert-OH is 1. The number of hydrogen-bond donors (Lipinski definition) is 2. The van der Waals surface area contributed by atoms with Gasteiger partial charge in [-0.1, -0.05) is 20.8 Å². The molecule has 1 aliphatic heterocycles. The van der Waals surface area contributed by atoms with Gasteiger partial charge >= 0.3 is 0 Å². The standard InChI is InChI=1S/C14H30N2O/c1-4-15-14(11-17)7-10-16-8-5-13(6-9-16)12(2)3/h12-15,17H,4-11H2,1-3H3. The van der Waals surface area contributed by atoms with Gasteiger partial charge < -0.3 is 15.3 Å². The summed E-state index contributed by atoms with van der Waals surface area (Å²) < 4.78 is 0. The van der Waals surface area contributed by atoms with Gasteiger partial charge in [0, 0.05) is 6.04 Å². The Balaban J connectivity index is 2.17. The largest absolute Gasteiger partial charge is 0.395 e. The second kappa shape index (κ2) is 8.06. The molecule has 2 N–H and O–H groups in total. The van der Waals surface area contributed by atoms with Crippen LogP contribution in [0, 0.1) is 11.8 Å². The van der Waals surface area contributed by atoms with Crippen molar-refractivity contribution in [3.05, 3.63) is 0 Å². The van der Waals surface area contributed by atoms with Gasteiger partial charge in [-0.25, -0.2) is 0 Å². The lowest BCUT2D eigenvalue weighted by atomic mass is 9.86. The molecule has 0 bridgehead atoms. The summed E-state index contributed by atoms with van der Waals surface area (Å²) in [6, 6.07) is 0.280. The van der Waals surface area contributed by atoms with Crippen LogP contribution in [0.25, 0.3) is 0 Å². The smallest absolute Gasteiger partial charge is 0.0585 e. The van der Waals surface area contributed by atoms with Crippen molar-refractivity contribution in [1.82, 2.24) is 10.2 Å². The molecule has 1 rings (SSSR count). The van der Waals surface area contributed by atoms with Crippen LogP contribution in [0.3, 0.4) is 0 Å². The van der Waals surface area contributed by atoms with E-state index in [-0.39, 0.29) is 12.6 Å². The molecule has 0 spiro atoms. The molecule has 1 atom stereocenters. The lowest BCUT2D eigenvalue weighted by Crippen LogP contribution is -2.40. The minimum absolute atomic E-state index is 0.260. The maximum atomic E-state index is 9.22. The second-order valence-electron chi connectivity index (χ2n) is 5.65. The third-order valence-corrected chi connectivity index (χ3v) is 4.08. The third kappa shape index (κ3) is 5.36. The van der Waals surface area contributed by atoms with Crippen molar-refractivity contribution < 1.29 is 5.11 Å². The number of likely N-dealkylation sites (tertiary alicyclic amines) is 1. The van der Waals surface area contributed by atoms with E-state index in [1.807, 2.05) is 0 Å². The van der Waals surface area contributed by atoms with Crippen molar-refractivity contribution in [1.29, 1.82) is 0 Å². The molecule has 0 amide bonds. The maximum Gasteiger partial charge on any atom is 0.0585 e. The first kappa shape index (κ1) is 14.9. The van der Waals surface area contributed by atoms with Crippen LogP contribution in [0.4, 0.5) is 0 Å². The Kier molecular flexibility index (Phi) is 7.09. The molecule has 102 valence electrons. The molecule has 0 aromatic heterocycles. The summed E-state index contributed by atoms with van der Waals surface area (Å²) in [5.41, 5.74) is 0. The molecular formula is C14H30N2O. The zero-order valence-electron chi connectivity index (χ0n) is 11.8. The van der Waals surface area contributed by atoms with Gasteiger partial charge in [-0.3, -0.25) is 0 Å². The molecule has 0 saturated carbocycles. The number of nitrogens with one attached hydrogen (secondary N) is 1. The zero-order valence-corrected chi connectivity index (χ0v) is 11.8. The maximum absolute atomic E-state index is 9.22. The predicted octanol–water partition coefficient (Wildman–Crippen LogP) is 1.71. The first-order valence-corrected chi connectivity index (χ1v) is 7.24. The van der Waals surface area contributed by atoms with Gasteiger partial charge in [-0.05, 0) is 57.3 Å². The highest BCUT2D eigenvalue weighted by molar-refractivity contribution is 4.76. The number of hydrogen-bond acceptors (Lipinski definition) is 3. The van der Waals surface area contributed by atoms with Crippen molar-refractivity contribution >= 4 is 0 Å². The molecule has 3 nitrogen and oxygen atoms in total. The van der Waals surface area contributed by atoms with E-state index in [0.29, 0.717) is 0 Å². The van der Waals surface area contributed by atoms with E-state index in [4.69, 9.17) is 0 Å². The van der Waals surface area contributed by atoms with Gasteiger partial charge in [0.25, 0.3) is 0 Å². The van der Waals surface area contributed by atoms with Crippen molar-refractivity contribution in [3.63, 3.8) is 0 Å². The van der Waals surface area contributed by atoms with Crippen LogP contribution in [0.5, 0.6) is 0 Å². The summed E-state index contributed by atoms with van der Waals surface area (Å²) >= 11 is 0. The Morgan fingerprint density at radius 3 is 2.41 bits per heavy atom. The van der Waals surface area contributed by atoms with Crippen molar-refractivity contribution in [2.45, 2.75) is 46.1 Å². The van der Waals surface area contributed by atoms with Crippen molar-refractivity contribution in [3.8, 4) is 0 Å². The first-order valence-electron chi connectivity index (χ1n) is 7.24. The predicted molar refractivity (Wildman–Crippen MR) is 73.2 cm³/mol. The van der Waals surface area contributed by atoms with E-state index < -0.39 is 0 Å². The molecule has 0 aromatic carbocycles. The van der Waals surface area contributed by atoms with Gasteiger partial charge in [-0.15, -0.1) is 0 Å². The number of rotatable bonds is 7. The summed E-state index contributed by atoms with van der Waals surface area (Å²) in [5.74, 6) is 1.76. The average molecular weight is 242 g/mol. The van der Waals surface area contributed by atoms with Gasteiger partial charge in [0.1, 0.15) is 0 Å². The average Bonchev–Trinajstić information content (AvgIpc) is 2.35. The highest BCUT2D eigenvalue weighted by atomic mass is 16.3. The molecule has 0 aliphatic carbocycles. The zero-order chi connectivity index (χ0) is 12.7. The summed E-state index contributed by atoms with van der Waals surface area (Å²) in [4.78, 5) is 2.55. The monoisotopic (exact) mass is 242 g/mol. The normalized spacial score (nSPS) is 21.0. The van der Waals surface area contributed by atoms with Gasteiger partial charge in [-0.2, -0.15) is 0 Å². The van der Waals surface area contributed by atoms with E-state index in [1.54, 1.807) is 0 Å². The van der Waals surface area contributed by atoms with Crippen LogP contribution >= 0.6 is 0 Å². The van der Waals surface area contributed by atoms with E-state index in [9.17, 15) is 5.11 Å². The van der Waals surface area contributed by atoms with Crippen LogP contribution in [0.2, 0.25) is 0 Å². The summed E-state index contributed by atoms with van der Waals surface area (Å²) in [7, 11) is 0. The summed E-state index contributed by atoms with van der Waals surface area (Å²) in [5, 5.41) is 12.5. The molecule has 1 fully saturated rings. The summed E-state index contributed by atoms with van der Waals surface area (Å²) in [6.45, 7) is 11.6. The minimum atomic E-state index is 0.260. The quantitative estimate of drug-likeness (QED) is 0.713. The van der Waals surface area contributed by atoms with Crippen LogP contribution in [-0.4, -0.2) is 48.8 Å². The molecule has 1 aliphatic rings. The topological polar surface area (TPSA) is 35.5 Å². The van der Waals surface area contributed by atoms with Gasteiger partial charge in [0.05, 0.1) is 6.61 Å². The first-order chi connectivity index (χ1) is 8.17. The van der Waals surface area contributed by atoms with Crippen LogP contribution in [-0.2, 0) is 0 Å². The summed E-state index contributed by atoms with van der Waals surface area (Å²) in [6.07, 6.45) is 3.77. The van der Waals surface area contributed by atoms with Crippen LogP contribution in [0.15, 0.2) is 0 Å². The Morgan fingerprint density at radius 2 is 1.94 bits per heavy atom. The fraction of sp³-hybridized carbons (Fsp3) is 1.00. The van der Waals surface area contributed by atoms with Crippen LogP contribution in [0.1, 0.15) is 40.0 Å². The number of likely N-dealkylation sites (N-methyl/N-ethyl adjacent to an activating group) is 1. The molecule has 3 heteroatoms. The SMILES string of the molecule is CCNC(CO)CCN1CCC(C(C)C)CC1. The molecule has 0 radical (unpaired) electrons. The number of nitrogens with zero attached hydrogens (tertiary/aromatic N) is 1. The molecule has 17 heavy (non-hydrogen) atoms. The Bertz CT molecular complexity index is 189. The minimum Gasteiger partial charge on any atom is -0.395 e. The highest BCUT2D eigenvalue weighted by Gasteiger charge is 2.21. The van der Waals surface area contributed by atoms with Crippen molar-refractivity contribution in [2.24, 2.45) is 11.8 Å². The fourth-order valence-electron chi connectivity index (χ4n) is 2.73. The number of aliphatic hydroxyl groups is 1. The lowest BCUT2D eigenvalue weighted by molar-refractivity contribution is 0.144. The Labute approximate surface area is 107 Å². The second-order valence-corrected chi connectivity index (χ2v) is 5.65. The molecule has 1 saturated heterocycles. The lowest BCUT2D eigenvalue weighted by Gasteiger charge is -2.34. The molecule has 1 unspecified atom stereocenters. The third-order valence-electron chi connectivity index (χ3n) is 4.08. The van der Waals surface area contributed by atoms with E-state index in [0.717, 1.165) is 31.3 Å². The van der Waals surface area contributed by atoms with E-state index in [2.05, 4.69) is 31.0 Å². The Morgan fingerprint density at radius 1 is 1.29 bits per heavy atom. The fourth-order valence-corrected chi connectivity index (χ4v) is 2.73. The highest BCUT2D eigenvalue weighted by Crippen LogP contribution is 2.24. The van der Waals surface area contributed by atoms with E-state index in [1.165, 1.54) is 25.9 Å². The molecule has 1 heterocycles. The van der Waals surface area contributed by atoms with Crippen LogP contribution < -0.4 is 5.32 Å². The Hall–Kier alpha value is -0.120. The number of piperidine rings is 1. The van der Waals surface area contributed by atoms with Gasteiger partial charge in [0.15, 0.2) is 0 Å². The molecule has 0 aromatic rings. The van der Waals surface area contributed by atoms with E-state index >= 15 is 0 Å². The molecular weight excluding hydrogens is 212 g/mol. The van der Waals surface area contributed by atoms with Gasteiger partial charge in [0.2, 0.25) is 0 Å². The van der Waals surface area contributed by atoms with Crippen molar-refractivity contribution in [2.75, 3.05) is 32.8 Å².